The van der Waals surface area contributed by atoms with E-state index in [-0.39, 0.29) is 11.9 Å². The van der Waals surface area contributed by atoms with E-state index in [9.17, 15) is 4.79 Å². The first kappa shape index (κ1) is 16.3. The van der Waals surface area contributed by atoms with Crippen LogP contribution in [0.1, 0.15) is 43.1 Å². The van der Waals surface area contributed by atoms with Gasteiger partial charge in [-0.2, -0.15) is 0 Å². The zero-order valence-electron chi connectivity index (χ0n) is 12.8. The molecule has 1 aromatic rings. The summed E-state index contributed by atoms with van der Waals surface area (Å²) in [5, 5.41) is 0. The van der Waals surface area contributed by atoms with Crippen molar-refractivity contribution in [2.75, 3.05) is 13.6 Å². The lowest BCUT2D eigenvalue weighted by atomic mass is 10.0. The highest BCUT2D eigenvalue weighted by molar-refractivity contribution is 5.94. The van der Waals surface area contributed by atoms with E-state index in [1.807, 2.05) is 31.3 Å². The van der Waals surface area contributed by atoms with E-state index in [2.05, 4.69) is 32.6 Å². The first-order valence-electron chi connectivity index (χ1n) is 7.01. The molecule has 0 heterocycles. The van der Waals surface area contributed by atoms with Gasteiger partial charge in [-0.3, -0.25) is 4.79 Å². The molecule has 0 aliphatic rings. The molecule has 0 bridgehead atoms. The van der Waals surface area contributed by atoms with Crippen LogP contribution < -0.4 is 5.73 Å². The molecule has 0 saturated carbocycles. The predicted molar refractivity (Wildman–Crippen MR) is 83.4 cm³/mol. The Kier molecular flexibility index (Phi) is 6.27. The average Bonchev–Trinajstić information content (AvgIpc) is 2.43. The Labute approximate surface area is 122 Å². The van der Waals surface area contributed by atoms with E-state index in [0.717, 1.165) is 12.0 Å². The second kappa shape index (κ2) is 7.72. The summed E-state index contributed by atoms with van der Waals surface area (Å²) < 4.78 is 0. The van der Waals surface area contributed by atoms with Crippen molar-refractivity contribution in [3.63, 3.8) is 0 Å². The standard InChI is InChI=1S/C17H24N2O/c1-13(2)11-14(3)19(4)17(20)16-9-5-7-15(12-16)8-6-10-18/h5,7,9,12-14H,10-11,18H2,1-4H3. The molecule has 20 heavy (non-hydrogen) atoms. The fourth-order valence-electron chi connectivity index (χ4n) is 2.13. The molecule has 1 aromatic carbocycles. The van der Waals surface area contributed by atoms with Gasteiger partial charge in [-0.1, -0.05) is 31.8 Å². The van der Waals surface area contributed by atoms with Crippen molar-refractivity contribution >= 4 is 5.91 Å². The number of amides is 1. The molecule has 1 atom stereocenters. The Balaban J connectivity index is 2.86. The molecule has 1 rings (SSSR count). The van der Waals surface area contributed by atoms with Crippen molar-refractivity contribution in [3.05, 3.63) is 35.4 Å². The summed E-state index contributed by atoms with van der Waals surface area (Å²) in [6.45, 7) is 6.73. The normalized spacial score (nSPS) is 11.7. The minimum Gasteiger partial charge on any atom is -0.339 e. The SMILES string of the molecule is CC(C)CC(C)N(C)C(=O)c1cccc(C#CCN)c1. The van der Waals surface area contributed by atoms with Crippen LogP contribution in [0.3, 0.4) is 0 Å². The van der Waals surface area contributed by atoms with Gasteiger partial charge in [-0.15, -0.1) is 0 Å². The number of rotatable bonds is 4. The van der Waals surface area contributed by atoms with Crippen LogP contribution in [0.15, 0.2) is 24.3 Å². The van der Waals surface area contributed by atoms with Gasteiger partial charge in [0.1, 0.15) is 0 Å². The zero-order valence-corrected chi connectivity index (χ0v) is 12.8. The van der Waals surface area contributed by atoms with Crippen molar-refractivity contribution in [2.45, 2.75) is 33.2 Å². The van der Waals surface area contributed by atoms with Gasteiger partial charge in [-0.25, -0.2) is 0 Å². The number of benzene rings is 1. The van der Waals surface area contributed by atoms with Gasteiger partial charge < -0.3 is 10.6 Å². The van der Waals surface area contributed by atoms with Crippen LogP contribution in [0, 0.1) is 17.8 Å². The summed E-state index contributed by atoms with van der Waals surface area (Å²) in [5.74, 6) is 6.36. The number of carbonyl (C=O) groups excluding carboxylic acids is 1. The maximum Gasteiger partial charge on any atom is 0.253 e. The summed E-state index contributed by atoms with van der Waals surface area (Å²) in [6.07, 6.45) is 0.995. The van der Waals surface area contributed by atoms with Crippen LogP contribution in [-0.2, 0) is 0 Å². The van der Waals surface area contributed by atoms with Gasteiger partial charge in [0, 0.05) is 24.2 Å². The largest absolute Gasteiger partial charge is 0.339 e. The van der Waals surface area contributed by atoms with Gasteiger partial charge in [0.25, 0.3) is 5.91 Å². The Bertz CT molecular complexity index is 511. The molecule has 3 heteroatoms. The average molecular weight is 272 g/mol. The fraction of sp³-hybridized carbons (Fsp3) is 0.471. The third-order valence-corrected chi connectivity index (χ3v) is 3.24. The maximum atomic E-state index is 12.4. The Morgan fingerprint density at radius 1 is 1.35 bits per heavy atom. The molecule has 3 nitrogen and oxygen atoms in total. The first-order valence-corrected chi connectivity index (χ1v) is 7.01. The van der Waals surface area contributed by atoms with Crippen LogP contribution in [-0.4, -0.2) is 30.4 Å². The van der Waals surface area contributed by atoms with Crippen molar-refractivity contribution in [2.24, 2.45) is 11.7 Å². The maximum absolute atomic E-state index is 12.4. The summed E-state index contributed by atoms with van der Waals surface area (Å²) in [6, 6.07) is 7.62. The molecular formula is C17H24N2O. The molecule has 0 fully saturated rings. The highest BCUT2D eigenvalue weighted by atomic mass is 16.2. The minimum atomic E-state index is 0.0366. The first-order chi connectivity index (χ1) is 9.45. The van der Waals surface area contributed by atoms with Crippen LogP contribution in [0.25, 0.3) is 0 Å². The van der Waals surface area contributed by atoms with Crippen molar-refractivity contribution in [3.8, 4) is 11.8 Å². The predicted octanol–water partition coefficient (Wildman–Crippen LogP) is 2.50. The molecule has 108 valence electrons. The van der Waals surface area contributed by atoms with E-state index in [4.69, 9.17) is 5.73 Å². The lowest BCUT2D eigenvalue weighted by molar-refractivity contribution is 0.0728. The Hall–Kier alpha value is -1.79. The lowest BCUT2D eigenvalue weighted by Crippen LogP contribution is -2.35. The molecule has 2 N–H and O–H groups in total. The van der Waals surface area contributed by atoms with E-state index < -0.39 is 0 Å². The van der Waals surface area contributed by atoms with Crippen molar-refractivity contribution < 1.29 is 4.79 Å². The van der Waals surface area contributed by atoms with Gasteiger partial charge in [0.15, 0.2) is 0 Å². The minimum absolute atomic E-state index is 0.0366. The van der Waals surface area contributed by atoms with Crippen LogP contribution in [0.2, 0.25) is 0 Å². The molecule has 1 unspecified atom stereocenters. The molecule has 0 aliphatic heterocycles. The van der Waals surface area contributed by atoms with Crippen LogP contribution >= 0.6 is 0 Å². The smallest absolute Gasteiger partial charge is 0.253 e. The van der Waals surface area contributed by atoms with Gasteiger partial charge in [-0.05, 0) is 37.5 Å². The highest BCUT2D eigenvalue weighted by Crippen LogP contribution is 2.14. The second-order valence-corrected chi connectivity index (χ2v) is 5.48. The van der Waals surface area contributed by atoms with Gasteiger partial charge in [0.2, 0.25) is 0 Å². The number of hydrogen-bond donors (Lipinski definition) is 1. The molecule has 1 amide bonds. The summed E-state index contributed by atoms with van der Waals surface area (Å²) in [5.41, 5.74) is 6.86. The Morgan fingerprint density at radius 3 is 2.65 bits per heavy atom. The quantitative estimate of drug-likeness (QED) is 0.856. The number of nitrogens with two attached hydrogens (primary N) is 1. The third-order valence-electron chi connectivity index (χ3n) is 3.24. The summed E-state index contributed by atoms with van der Waals surface area (Å²) in [4.78, 5) is 14.2. The zero-order chi connectivity index (χ0) is 15.1. The second-order valence-electron chi connectivity index (χ2n) is 5.48. The van der Waals surface area contributed by atoms with E-state index in [0.29, 0.717) is 18.0 Å². The molecule has 0 spiro atoms. The van der Waals surface area contributed by atoms with Crippen molar-refractivity contribution in [1.29, 1.82) is 0 Å². The molecule has 0 radical (unpaired) electrons. The number of carbonyl (C=O) groups is 1. The summed E-state index contributed by atoms with van der Waals surface area (Å²) >= 11 is 0. The molecule has 0 saturated heterocycles. The lowest BCUT2D eigenvalue weighted by Gasteiger charge is -2.26. The molecular weight excluding hydrogens is 248 g/mol. The summed E-state index contributed by atoms with van der Waals surface area (Å²) in [7, 11) is 1.85. The highest BCUT2D eigenvalue weighted by Gasteiger charge is 2.18. The number of nitrogens with zero attached hydrogens (tertiary/aromatic N) is 1. The fourth-order valence-corrected chi connectivity index (χ4v) is 2.13. The third kappa shape index (κ3) is 4.71. The Morgan fingerprint density at radius 2 is 2.05 bits per heavy atom. The van der Waals surface area contributed by atoms with Gasteiger partial charge >= 0.3 is 0 Å². The van der Waals surface area contributed by atoms with Gasteiger partial charge in [0.05, 0.1) is 6.54 Å². The van der Waals surface area contributed by atoms with Crippen LogP contribution in [0.5, 0.6) is 0 Å². The van der Waals surface area contributed by atoms with E-state index >= 15 is 0 Å². The van der Waals surface area contributed by atoms with E-state index in [1.54, 1.807) is 4.90 Å². The monoisotopic (exact) mass is 272 g/mol. The molecule has 0 aromatic heterocycles. The molecule has 0 aliphatic carbocycles. The topological polar surface area (TPSA) is 46.3 Å². The van der Waals surface area contributed by atoms with E-state index in [1.165, 1.54) is 0 Å². The van der Waals surface area contributed by atoms with Crippen LogP contribution in [0.4, 0.5) is 0 Å². The van der Waals surface area contributed by atoms with Crippen molar-refractivity contribution in [1.82, 2.24) is 4.90 Å². The number of hydrogen-bond acceptors (Lipinski definition) is 2.